The number of hydrogen-bond donors (Lipinski definition) is 1. The van der Waals surface area contributed by atoms with E-state index in [1.807, 2.05) is 0 Å². The molecule has 0 fully saturated rings. The van der Waals surface area contributed by atoms with Crippen LogP contribution in [0.1, 0.15) is 11.1 Å². The molecule has 13 heavy (non-hydrogen) atoms. The van der Waals surface area contributed by atoms with E-state index in [1.165, 1.54) is 11.3 Å². The zero-order chi connectivity index (χ0) is 10.1. The standard InChI is InChI=1S/C8H8F2O2S/c1-5-3-13-4-6(5)2-8(9,10)7(11)12/h3-4H,2H2,1H3,(H,11,12). The molecule has 0 aliphatic rings. The first-order valence-electron chi connectivity index (χ1n) is 3.56. The van der Waals surface area contributed by atoms with Gasteiger partial charge in [0.1, 0.15) is 0 Å². The van der Waals surface area contributed by atoms with Crippen LogP contribution in [0.4, 0.5) is 8.78 Å². The maximum absolute atomic E-state index is 12.7. The second-order valence-corrected chi connectivity index (χ2v) is 3.51. The average Bonchev–Trinajstić information content (AvgIpc) is 2.35. The number of carboxylic acids is 1. The lowest BCUT2D eigenvalue weighted by Gasteiger charge is -2.09. The maximum atomic E-state index is 12.7. The Balaban J connectivity index is 2.80. The van der Waals surface area contributed by atoms with Crippen molar-refractivity contribution in [1.82, 2.24) is 0 Å². The molecule has 1 N–H and O–H groups in total. The summed E-state index contributed by atoms with van der Waals surface area (Å²) >= 11 is 1.29. The Morgan fingerprint density at radius 2 is 2.23 bits per heavy atom. The third kappa shape index (κ3) is 2.24. The fourth-order valence-corrected chi connectivity index (χ4v) is 1.74. The van der Waals surface area contributed by atoms with Crippen LogP contribution in [0.5, 0.6) is 0 Å². The van der Waals surface area contributed by atoms with E-state index >= 15 is 0 Å². The molecule has 0 radical (unpaired) electrons. The summed E-state index contributed by atoms with van der Waals surface area (Å²) in [4.78, 5) is 10.1. The van der Waals surface area contributed by atoms with Crippen molar-refractivity contribution in [1.29, 1.82) is 0 Å². The molecule has 2 nitrogen and oxygen atoms in total. The van der Waals surface area contributed by atoms with Crippen LogP contribution in [0.3, 0.4) is 0 Å². The minimum Gasteiger partial charge on any atom is -0.477 e. The predicted octanol–water partition coefficient (Wildman–Crippen LogP) is 2.32. The van der Waals surface area contributed by atoms with Gasteiger partial charge in [-0.2, -0.15) is 20.1 Å². The third-order valence-electron chi connectivity index (χ3n) is 1.69. The summed E-state index contributed by atoms with van der Waals surface area (Å²) in [5.74, 6) is -5.73. The van der Waals surface area contributed by atoms with Crippen molar-refractivity contribution in [2.45, 2.75) is 19.3 Å². The van der Waals surface area contributed by atoms with E-state index in [1.54, 1.807) is 17.7 Å². The molecule has 0 saturated heterocycles. The number of aliphatic carboxylic acids is 1. The number of rotatable bonds is 3. The highest BCUT2D eigenvalue weighted by atomic mass is 32.1. The van der Waals surface area contributed by atoms with Crippen LogP contribution >= 0.6 is 11.3 Å². The van der Waals surface area contributed by atoms with E-state index in [0.717, 1.165) is 0 Å². The molecule has 5 heteroatoms. The van der Waals surface area contributed by atoms with Gasteiger partial charge in [0.15, 0.2) is 0 Å². The van der Waals surface area contributed by atoms with Crippen LogP contribution in [0.2, 0.25) is 0 Å². The molecule has 72 valence electrons. The van der Waals surface area contributed by atoms with Gasteiger partial charge in [-0.05, 0) is 28.8 Å². The molecule has 0 aromatic carbocycles. The Labute approximate surface area is 77.8 Å². The second kappa shape index (κ2) is 3.41. The molecule has 1 aromatic heterocycles. The van der Waals surface area contributed by atoms with E-state index in [4.69, 9.17) is 5.11 Å². The van der Waals surface area contributed by atoms with Crippen LogP contribution in [-0.4, -0.2) is 17.0 Å². The Morgan fingerprint density at radius 3 is 2.62 bits per heavy atom. The molecule has 0 spiro atoms. The van der Waals surface area contributed by atoms with Gasteiger partial charge < -0.3 is 5.11 Å². The van der Waals surface area contributed by atoms with Gasteiger partial charge in [-0.1, -0.05) is 0 Å². The topological polar surface area (TPSA) is 37.3 Å². The number of carbonyl (C=O) groups is 1. The molecule has 0 unspecified atom stereocenters. The van der Waals surface area contributed by atoms with Crippen molar-refractivity contribution in [2.24, 2.45) is 0 Å². The van der Waals surface area contributed by atoms with Crippen molar-refractivity contribution >= 4 is 17.3 Å². The summed E-state index contributed by atoms with van der Waals surface area (Å²) in [6.45, 7) is 1.68. The van der Waals surface area contributed by atoms with E-state index in [-0.39, 0.29) is 0 Å². The highest BCUT2D eigenvalue weighted by Gasteiger charge is 2.39. The van der Waals surface area contributed by atoms with Gasteiger partial charge in [-0.15, -0.1) is 0 Å². The molecule has 1 heterocycles. The van der Waals surface area contributed by atoms with E-state index in [2.05, 4.69) is 0 Å². The third-order valence-corrected chi connectivity index (χ3v) is 2.60. The largest absolute Gasteiger partial charge is 0.477 e. The maximum Gasteiger partial charge on any atom is 0.374 e. The minimum absolute atomic E-state index is 0.400. The van der Waals surface area contributed by atoms with Crippen LogP contribution < -0.4 is 0 Å². The van der Waals surface area contributed by atoms with Gasteiger partial charge in [0, 0.05) is 6.42 Å². The lowest BCUT2D eigenvalue weighted by Crippen LogP contribution is -2.30. The number of thiophene rings is 1. The second-order valence-electron chi connectivity index (χ2n) is 2.77. The highest BCUT2D eigenvalue weighted by Crippen LogP contribution is 2.24. The number of alkyl halides is 2. The lowest BCUT2D eigenvalue weighted by atomic mass is 10.1. The van der Waals surface area contributed by atoms with Gasteiger partial charge in [0.05, 0.1) is 0 Å². The van der Waals surface area contributed by atoms with Crippen molar-refractivity contribution in [3.05, 3.63) is 21.9 Å². The molecule has 0 bridgehead atoms. The van der Waals surface area contributed by atoms with E-state index in [0.29, 0.717) is 11.1 Å². The molecule has 1 rings (SSSR count). The molecule has 0 amide bonds. The van der Waals surface area contributed by atoms with E-state index < -0.39 is 18.3 Å². The summed E-state index contributed by atoms with van der Waals surface area (Å²) < 4.78 is 25.4. The Bertz CT molecular complexity index is 320. The van der Waals surface area contributed by atoms with E-state index in [9.17, 15) is 13.6 Å². The summed E-state index contributed by atoms with van der Waals surface area (Å²) in [6, 6.07) is 0. The monoisotopic (exact) mass is 206 g/mol. The zero-order valence-electron chi connectivity index (χ0n) is 6.88. The normalized spacial score (nSPS) is 11.6. The van der Waals surface area contributed by atoms with Gasteiger partial charge in [-0.3, -0.25) is 0 Å². The first kappa shape index (κ1) is 10.1. The number of carboxylic acid groups (broad SMARTS) is 1. The first-order valence-corrected chi connectivity index (χ1v) is 4.50. The lowest BCUT2D eigenvalue weighted by molar-refractivity contribution is -0.164. The average molecular weight is 206 g/mol. The SMILES string of the molecule is Cc1cscc1CC(F)(F)C(=O)O. The minimum atomic E-state index is -3.66. The summed E-state index contributed by atoms with van der Waals surface area (Å²) in [5, 5.41) is 11.4. The number of halogens is 2. The van der Waals surface area contributed by atoms with Crippen molar-refractivity contribution < 1.29 is 18.7 Å². The fourth-order valence-electron chi connectivity index (χ4n) is 0.883. The van der Waals surface area contributed by atoms with Crippen LogP contribution in [0, 0.1) is 6.92 Å². The molecule has 0 aliphatic heterocycles. The molecular formula is C8H8F2O2S. The smallest absolute Gasteiger partial charge is 0.374 e. The Kier molecular flexibility index (Phi) is 2.66. The first-order chi connectivity index (χ1) is 5.93. The Hall–Kier alpha value is -0.970. The van der Waals surface area contributed by atoms with Crippen molar-refractivity contribution in [2.75, 3.05) is 0 Å². The molecule has 1 aromatic rings. The van der Waals surface area contributed by atoms with Gasteiger partial charge in [0.25, 0.3) is 0 Å². The Morgan fingerprint density at radius 1 is 1.62 bits per heavy atom. The van der Waals surface area contributed by atoms with Crippen LogP contribution in [0.25, 0.3) is 0 Å². The van der Waals surface area contributed by atoms with Crippen LogP contribution in [-0.2, 0) is 11.2 Å². The molecular weight excluding hydrogens is 198 g/mol. The predicted molar refractivity (Wildman–Crippen MR) is 45.3 cm³/mol. The van der Waals surface area contributed by atoms with Gasteiger partial charge in [0.2, 0.25) is 0 Å². The number of aryl methyl sites for hydroxylation is 1. The summed E-state index contributed by atoms with van der Waals surface area (Å²) in [5.41, 5.74) is 1.11. The van der Waals surface area contributed by atoms with Crippen molar-refractivity contribution in [3.8, 4) is 0 Å². The summed E-state index contributed by atoms with van der Waals surface area (Å²) in [6.07, 6.45) is -0.725. The molecule has 0 atom stereocenters. The quantitative estimate of drug-likeness (QED) is 0.824. The van der Waals surface area contributed by atoms with Gasteiger partial charge >= 0.3 is 11.9 Å². The number of hydrogen-bond acceptors (Lipinski definition) is 2. The molecule has 0 saturated carbocycles. The molecule has 0 aliphatic carbocycles. The van der Waals surface area contributed by atoms with Crippen molar-refractivity contribution in [3.63, 3.8) is 0 Å². The zero-order valence-corrected chi connectivity index (χ0v) is 7.70. The highest BCUT2D eigenvalue weighted by molar-refractivity contribution is 7.08. The summed E-state index contributed by atoms with van der Waals surface area (Å²) in [7, 11) is 0. The van der Waals surface area contributed by atoms with Crippen LogP contribution in [0.15, 0.2) is 10.8 Å². The van der Waals surface area contributed by atoms with Gasteiger partial charge in [-0.25, -0.2) is 4.79 Å². The fraction of sp³-hybridized carbons (Fsp3) is 0.375.